The molecule has 1 aromatic rings. The molecule has 1 aliphatic rings. The fraction of sp³-hybridized carbons (Fsp3) is 0.643. The van der Waals surface area contributed by atoms with E-state index in [1.54, 1.807) is 12.1 Å². The molecule has 2 rings (SSSR count). The summed E-state index contributed by atoms with van der Waals surface area (Å²) in [5.74, 6) is 0.708. The van der Waals surface area contributed by atoms with Crippen LogP contribution in [0.15, 0.2) is 23.2 Å². The van der Waals surface area contributed by atoms with Gasteiger partial charge in [-0.15, -0.1) is 0 Å². The van der Waals surface area contributed by atoms with E-state index >= 15 is 0 Å². The lowest BCUT2D eigenvalue weighted by Gasteiger charge is -2.19. The molecular weight excluding hydrogens is 288 g/mol. The maximum Gasteiger partial charge on any atom is 0.241 e. The molecule has 21 heavy (non-hydrogen) atoms. The quantitative estimate of drug-likeness (QED) is 0.827. The molecule has 2 heterocycles. The fourth-order valence-corrected chi connectivity index (χ4v) is 3.14. The Morgan fingerprint density at radius 1 is 1.19 bits per heavy atom. The summed E-state index contributed by atoms with van der Waals surface area (Å²) in [6.07, 6.45) is 6.63. The van der Waals surface area contributed by atoms with E-state index < -0.39 is 10.0 Å². The number of hydrogen-bond acceptors (Lipinski definition) is 5. The van der Waals surface area contributed by atoms with Crippen LogP contribution in [0.3, 0.4) is 0 Å². The number of pyridine rings is 1. The maximum absolute atomic E-state index is 11.6. The van der Waals surface area contributed by atoms with Crippen LogP contribution >= 0.6 is 0 Å². The number of likely N-dealkylation sites (tertiary alicyclic amines) is 1. The lowest BCUT2D eigenvalue weighted by Crippen LogP contribution is -2.30. The molecule has 1 aliphatic heterocycles. The Kier molecular flexibility index (Phi) is 5.96. The third-order valence-corrected chi connectivity index (χ3v) is 5.15. The van der Waals surface area contributed by atoms with Crippen molar-refractivity contribution in [3.63, 3.8) is 0 Å². The first kappa shape index (κ1) is 16.2. The van der Waals surface area contributed by atoms with Gasteiger partial charge in [-0.3, -0.25) is 0 Å². The molecule has 0 aromatic carbocycles. The van der Waals surface area contributed by atoms with Gasteiger partial charge in [-0.05, 0) is 45.1 Å². The minimum atomic E-state index is -3.41. The van der Waals surface area contributed by atoms with Crippen molar-refractivity contribution < 1.29 is 8.42 Å². The second-order valence-corrected chi connectivity index (χ2v) is 7.16. The fourth-order valence-electron chi connectivity index (χ4n) is 2.46. The predicted molar refractivity (Wildman–Crippen MR) is 83.9 cm³/mol. The van der Waals surface area contributed by atoms with E-state index in [4.69, 9.17) is 0 Å². The molecule has 1 saturated heterocycles. The van der Waals surface area contributed by atoms with Crippen molar-refractivity contribution in [3.8, 4) is 0 Å². The minimum absolute atomic E-state index is 0.183. The van der Waals surface area contributed by atoms with Crippen LogP contribution in [0.2, 0.25) is 0 Å². The molecule has 1 aromatic heterocycles. The Morgan fingerprint density at radius 3 is 2.48 bits per heavy atom. The number of hydrogen-bond donors (Lipinski definition) is 2. The van der Waals surface area contributed by atoms with Crippen molar-refractivity contribution in [1.82, 2.24) is 14.6 Å². The summed E-state index contributed by atoms with van der Waals surface area (Å²) in [5.41, 5.74) is 0. The van der Waals surface area contributed by atoms with E-state index in [0.29, 0.717) is 5.82 Å². The zero-order valence-corrected chi connectivity index (χ0v) is 13.3. The molecule has 6 nitrogen and oxygen atoms in total. The number of nitrogens with zero attached hydrogens (tertiary/aromatic N) is 2. The summed E-state index contributed by atoms with van der Waals surface area (Å²) in [5, 5.41) is 3.24. The molecular formula is C14H24N4O2S. The lowest BCUT2D eigenvalue weighted by molar-refractivity contribution is 0.296. The van der Waals surface area contributed by atoms with Crippen LogP contribution in [0.5, 0.6) is 0 Å². The average Bonchev–Trinajstić information content (AvgIpc) is 2.77. The normalized spacial score (nSPS) is 17.4. The van der Waals surface area contributed by atoms with Gasteiger partial charge in [-0.1, -0.05) is 12.8 Å². The van der Waals surface area contributed by atoms with Crippen molar-refractivity contribution in [1.29, 1.82) is 0 Å². The van der Waals surface area contributed by atoms with Crippen LogP contribution in [-0.4, -0.2) is 51.5 Å². The van der Waals surface area contributed by atoms with Crippen molar-refractivity contribution in [2.45, 2.75) is 30.6 Å². The Hall–Kier alpha value is -1.18. The van der Waals surface area contributed by atoms with Crippen molar-refractivity contribution >= 4 is 15.8 Å². The highest BCUT2D eigenvalue weighted by molar-refractivity contribution is 7.89. The van der Waals surface area contributed by atoms with E-state index in [9.17, 15) is 8.42 Å². The molecule has 118 valence electrons. The highest BCUT2D eigenvalue weighted by Crippen LogP contribution is 2.11. The van der Waals surface area contributed by atoms with Gasteiger partial charge in [0, 0.05) is 19.3 Å². The Labute approximate surface area is 127 Å². The van der Waals surface area contributed by atoms with Gasteiger partial charge >= 0.3 is 0 Å². The first-order chi connectivity index (χ1) is 10.1. The zero-order chi connectivity index (χ0) is 15.1. The highest BCUT2D eigenvalue weighted by atomic mass is 32.2. The van der Waals surface area contributed by atoms with Crippen molar-refractivity contribution in [2.24, 2.45) is 0 Å². The summed E-state index contributed by atoms with van der Waals surface area (Å²) in [6, 6.07) is 3.26. The van der Waals surface area contributed by atoms with E-state index in [-0.39, 0.29) is 4.90 Å². The van der Waals surface area contributed by atoms with E-state index in [2.05, 4.69) is 19.9 Å². The molecule has 0 amide bonds. The summed E-state index contributed by atoms with van der Waals surface area (Å²) >= 11 is 0. The molecule has 0 spiro atoms. The van der Waals surface area contributed by atoms with Crippen LogP contribution in [0, 0.1) is 0 Å². The van der Waals surface area contributed by atoms with E-state index in [1.165, 1.54) is 52.0 Å². The Morgan fingerprint density at radius 2 is 1.90 bits per heavy atom. The van der Waals surface area contributed by atoms with E-state index in [0.717, 1.165) is 13.1 Å². The summed E-state index contributed by atoms with van der Waals surface area (Å²) in [7, 11) is -2.01. The molecule has 0 bridgehead atoms. The van der Waals surface area contributed by atoms with Crippen molar-refractivity contribution in [3.05, 3.63) is 18.3 Å². The van der Waals surface area contributed by atoms with Crippen LogP contribution in [0.1, 0.15) is 25.7 Å². The molecule has 0 atom stereocenters. The van der Waals surface area contributed by atoms with Gasteiger partial charge in [-0.25, -0.2) is 18.1 Å². The van der Waals surface area contributed by atoms with Crippen LogP contribution in [0.4, 0.5) is 5.82 Å². The SMILES string of the molecule is CNS(=O)(=O)c1ccc(NCCN2CCCCCC2)nc1. The highest BCUT2D eigenvalue weighted by Gasteiger charge is 2.11. The average molecular weight is 312 g/mol. The summed E-state index contributed by atoms with van der Waals surface area (Å²) < 4.78 is 25.4. The van der Waals surface area contributed by atoms with Gasteiger partial charge in [0.05, 0.1) is 0 Å². The third kappa shape index (κ3) is 4.94. The minimum Gasteiger partial charge on any atom is -0.369 e. The summed E-state index contributed by atoms with van der Waals surface area (Å²) in [4.78, 5) is 6.80. The maximum atomic E-state index is 11.6. The monoisotopic (exact) mass is 312 g/mol. The number of nitrogens with one attached hydrogen (secondary N) is 2. The first-order valence-electron chi connectivity index (χ1n) is 7.47. The van der Waals surface area contributed by atoms with Crippen LogP contribution in [0.25, 0.3) is 0 Å². The molecule has 0 radical (unpaired) electrons. The second-order valence-electron chi connectivity index (χ2n) is 5.27. The summed E-state index contributed by atoms with van der Waals surface area (Å²) in [6.45, 7) is 4.17. The van der Waals surface area contributed by atoms with Gasteiger partial charge in [0.15, 0.2) is 0 Å². The molecule has 7 heteroatoms. The molecule has 0 aliphatic carbocycles. The second kappa shape index (κ2) is 7.72. The van der Waals surface area contributed by atoms with Crippen molar-refractivity contribution in [2.75, 3.05) is 38.5 Å². The predicted octanol–water partition coefficient (Wildman–Crippen LogP) is 1.28. The third-order valence-electron chi connectivity index (χ3n) is 3.75. The number of sulfonamides is 1. The van der Waals surface area contributed by atoms with Crippen LogP contribution in [-0.2, 0) is 10.0 Å². The standard InChI is InChI=1S/C14H24N4O2S/c1-15-21(19,20)13-6-7-14(17-12-13)16-8-11-18-9-4-2-3-5-10-18/h6-7,12,15H,2-5,8-11H2,1H3,(H,16,17). The van der Waals surface area contributed by atoms with E-state index in [1.807, 2.05) is 0 Å². The molecule has 0 saturated carbocycles. The Balaban J connectivity index is 1.81. The number of rotatable bonds is 6. The number of aromatic nitrogens is 1. The smallest absolute Gasteiger partial charge is 0.241 e. The largest absolute Gasteiger partial charge is 0.369 e. The first-order valence-corrected chi connectivity index (χ1v) is 8.96. The van der Waals surface area contributed by atoms with Gasteiger partial charge in [0.25, 0.3) is 0 Å². The zero-order valence-electron chi connectivity index (χ0n) is 12.5. The van der Waals surface area contributed by atoms with Crippen LogP contribution < -0.4 is 10.0 Å². The molecule has 0 unspecified atom stereocenters. The van der Waals surface area contributed by atoms with Gasteiger partial charge < -0.3 is 10.2 Å². The molecule has 1 fully saturated rings. The molecule has 2 N–H and O–H groups in total. The van der Waals surface area contributed by atoms with Gasteiger partial charge in [0.2, 0.25) is 10.0 Å². The van der Waals surface area contributed by atoms with Gasteiger partial charge in [-0.2, -0.15) is 0 Å². The number of anilines is 1. The topological polar surface area (TPSA) is 74.3 Å². The Bertz CT molecular complexity index is 522. The lowest BCUT2D eigenvalue weighted by atomic mass is 10.2. The van der Waals surface area contributed by atoms with Gasteiger partial charge in [0.1, 0.15) is 10.7 Å².